The lowest BCUT2D eigenvalue weighted by atomic mass is 9.99. The van der Waals surface area contributed by atoms with E-state index in [-0.39, 0.29) is 30.9 Å². The third-order valence-corrected chi connectivity index (χ3v) is 6.47. The minimum absolute atomic E-state index is 0.0497. The van der Waals surface area contributed by atoms with Crippen molar-refractivity contribution in [2.45, 2.75) is 24.9 Å². The quantitative estimate of drug-likeness (QED) is 0.179. The molecule has 210 valence electrons. The second kappa shape index (κ2) is 13.2. The van der Waals surface area contributed by atoms with Gasteiger partial charge in [-0.1, -0.05) is 49.1 Å². The molecule has 0 radical (unpaired) electrons. The Morgan fingerprint density at radius 2 is 1.85 bits per heavy atom. The van der Waals surface area contributed by atoms with Crippen LogP contribution in [-0.2, 0) is 30.3 Å². The van der Waals surface area contributed by atoms with E-state index in [2.05, 4.69) is 11.9 Å². The first-order chi connectivity index (χ1) is 19.0. The predicted octanol–water partition coefficient (Wildman–Crippen LogP) is 0.642. The van der Waals surface area contributed by atoms with E-state index in [0.29, 0.717) is 11.1 Å². The molecule has 1 aliphatic rings. The summed E-state index contributed by atoms with van der Waals surface area (Å²) < 4.78 is 4.71. The maximum Gasteiger partial charge on any atom is 0.323 e. The van der Waals surface area contributed by atoms with Crippen LogP contribution in [0.25, 0.3) is 6.08 Å². The van der Waals surface area contributed by atoms with E-state index in [9.17, 15) is 29.1 Å². The molecule has 1 saturated heterocycles. The molecule has 12 heteroatoms. The van der Waals surface area contributed by atoms with Crippen molar-refractivity contribution in [3.05, 3.63) is 77.4 Å². The van der Waals surface area contributed by atoms with Gasteiger partial charge in [-0.05, 0) is 23.3 Å². The van der Waals surface area contributed by atoms with E-state index < -0.39 is 54.7 Å². The van der Waals surface area contributed by atoms with Crippen LogP contribution in [0.2, 0.25) is 0 Å². The molecule has 0 saturated carbocycles. The lowest BCUT2D eigenvalue weighted by Gasteiger charge is -2.41. The average Bonchev–Trinajstić information content (AvgIpc) is 2.94. The Morgan fingerprint density at radius 3 is 2.45 bits per heavy atom. The van der Waals surface area contributed by atoms with Gasteiger partial charge in [0.15, 0.2) is 0 Å². The lowest BCUT2D eigenvalue weighted by molar-refractivity contribution is -0.159. The summed E-state index contributed by atoms with van der Waals surface area (Å²) in [5, 5.41) is 19.4. The number of amides is 3. The zero-order chi connectivity index (χ0) is 29.4. The molecular weight excluding hydrogens is 518 g/mol. The number of nitrogens with two attached hydrogens (primary N) is 1. The van der Waals surface area contributed by atoms with Crippen LogP contribution in [0.3, 0.4) is 0 Å². The van der Waals surface area contributed by atoms with Gasteiger partial charge in [0.25, 0.3) is 5.91 Å². The summed E-state index contributed by atoms with van der Waals surface area (Å²) in [5.41, 5.74) is 7.64. The molecule has 1 aliphatic heterocycles. The summed E-state index contributed by atoms with van der Waals surface area (Å²) in [6.07, 6.45) is 1.23. The number of hydrogen-bond acceptors (Lipinski definition) is 7. The number of nitrogens with zero attached hydrogens (tertiary/aromatic N) is 2. The summed E-state index contributed by atoms with van der Waals surface area (Å²) in [4.78, 5) is 65.9. The number of carboxylic acids is 1. The van der Waals surface area contributed by atoms with Gasteiger partial charge in [0.05, 0.1) is 13.5 Å². The van der Waals surface area contributed by atoms with Crippen molar-refractivity contribution >= 4 is 41.6 Å². The SMILES string of the molecule is C=Cc1cccc(C[C@H](NC(=O)c2ccc(C(=N)N)cc2)C(=O)N2CCN(CC(=O)O)C(=O)[C@@H]2CC(=O)OC)c1. The molecule has 0 aliphatic carbocycles. The number of rotatable bonds is 11. The molecule has 12 nitrogen and oxygen atoms in total. The third kappa shape index (κ3) is 7.31. The summed E-state index contributed by atoms with van der Waals surface area (Å²) >= 11 is 0. The molecule has 40 heavy (non-hydrogen) atoms. The van der Waals surface area contributed by atoms with E-state index in [1.54, 1.807) is 18.2 Å². The molecule has 0 bridgehead atoms. The van der Waals surface area contributed by atoms with Crippen LogP contribution in [0.15, 0.2) is 55.1 Å². The van der Waals surface area contributed by atoms with Gasteiger partial charge in [0.2, 0.25) is 11.8 Å². The fourth-order valence-electron chi connectivity index (χ4n) is 4.39. The molecule has 2 atom stereocenters. The second-order valence-corrected chi connectivity index (χ2v) is 9.15. The number of carbonyl (C=O) groups excluding carboxylic acids is 4. The van der Waals surface area contributed by atoms with Crippen LogP contribution in [0.5, 0.6) is 0 Å². The zero-order valence-electron chi connectivity index (χ0n) is 22.0. The Kier molecular flexibility index (Phi) is 9.74. The topological polar surface area (TPSA) is 183 Å². The van der Waals surface area contributed by atoms with Crippen LogP contribution in [0.1, 0.15) is 33.5 Å². The maximum absolute atomic E-state index is 13.9. The van der Waals surface area contributed by atoms with Gasteiger partial charge in [-0.3, -0.25) is 29.4 Å². The van der Waals surface area contributed by atoms with Gasteiger partial charge in [-0.2, -0.15) is 0 Å². The molecule has 0 aromatic heterocycles. The second-order valence-electron chi connectivity index (χ2n) is 9.15. The van der Waals surface area contributed by atoms with Crippen LogP contribution in [-0.4, -0.2) is 89.2 Å². The molecule has 3 amide bonds. The number of carbonyl (C=O) groups is 5. The molecule has 0 unspecified atom stereocenters. The van der Waals surface area contributed by atoms with E-state index in [1.165, 1.54) is 29.2 Å². The number of amidine groups is 1. The number of nitrogen functional groups attached to an aromatic ring is 1. The number of carboxylic acid groups (broad SMARTS) is 1. The minimum Gasteiger partial charge on any atom is -0.480 e. The molecule has 2 aromatic carbocycles. The van der Waals surface area contributed by atoms with E-state index in [0.717, 1.165) is 17.6 Å². The molecule has 0 spiro atoms. The van der Waals surface area contributed by atoms with Gasteiger partial charge in [0, 0.05) is 30.6 Å². The number of nitrogens with one attached hydrogen (secondary N) is 2. The lowest BCUT2D eigenvalue weighted by Crippen LogP contribution is -2.63. The number of aliphatic carboxylic acids is 1. The first kappa shape index (κ1) is 29.6. The Labute approximate surface area is 230 Å². The highest BCUT2D eigenvalue weighted by Crippen LogP contribution is 2.19. The summed E-state index contributed by atoms with van der Waals surface area (Å²) in [6.45, 7) is 3.06. The van der Waals surface area contributed by atoms with Gasteiger partial charge in [-0.25, -0.2) is 0 Å². The molecule has 2 aromatic rings. The van der Waals surface area contributed by atoms with Crippen molar-refractivity contribution < 1.29 is 33.8 Å². The maximum atomic E-state index is 13.9. The van der Waals surface area contributed by atoms with Crippen molar-refractivity contribution in [1.29, 1.82) is 5.41 Å². The third-order valence-electron chi connectivity index (χ3n) is 6.47. The molecule has 3 rings (SSSR count). The number of piperazine rings is 1. The predicted molar refractivity (Wildman–Crippen MR) is 145 cm³/mol. The number of esters is 1. The molecule has 1 fully saturated rings. The van der Waals surface area contributed by atoms with Crippen LogP contribution < -0.4 is 11.1 Å². The van der Waals surface area contributed by atoms with Gasteiger partial charge < -0.3 is 30.7 Å². The van der Waals surface area contributed by atoms with Crippen LogP contribution in [0, 0.1) is 5.41 Å². The first-order valence-electron chi connectivity index (χ1n) is 12.4. The van der Waals surface area contributed by atoms with Gasteiger partial charge in [0.1, 0.15) is 24.5 Å². The Morgan fingerprint density at radius 1 is 1.18 bits per heavy atom. The van der Waals surface area contributed by atoms with Crippen LogP contribution >= 0.6 is 0 Å². The number of methoxy groups -OCH3 is 1. The Bertz CT molecular complexity index is 1320. The largest absolute Gasteiger partial charge is 0.480 e. The van der Waals surface area contributed by atoms with Crippen LogP contribution in [0.4, 0.5) is 0 Å². The number of hydrogen-bond donors (Lipinski definition) is 4. The Balaban J connectivity index is 1.94. The van der Waals surface area contributed by atoms with E-state index in [1.807, 2.05) is 12.1 Å². The van der Waals surface area contributed by atoms with Gasteiger partial charge in [-0.15, -0.1) is 0 Å². The highest BCUT2D eigenvalue weighted by Gasteiger charge is 2.41. The standard InChI is InChI=1S/C28H31N5O7/c1-3-17-5-4-6-18(13-17)14-21(31-26(37)20-9-7-19(8-10-20)25(29)30)27(38)33-12-11-32(16-23(34)35)28(39)22(33)15-24(36)40-2/h3-10,13,21-22H,1,11-12,14-16H2,2H3,(H3,29,30)(H,31,37)(H,34,35)/t21-,22-/m0/s1. The molecular formula is C28H31N5O7. The van der Waals surface area contributed by atoms with Crippen molar-refractivity contribution in [3.8, 4) is 0 Å². The summed E-state index contributed by atoms with van der Waals surface area (Å²) in [7, 11) is 1.14. The zero-order valence-corrected chi connectivity index (χ0v) is 22.0. The fraction of sp³-hybridized carbons (Fsp3) is 0.286. The van der Waals surface area contributed by atoms with E-state index in [4.69, 9.17) is 15.9 Å². The van der Waals surface area contributed by atoms with Crippen molar-refractivity contribution in [3.63, 3.8) is 0 Å². The molecule has 1 heterocycles. The smallest absolute Gasteiger partial charge is 0.323 e. The average molecular weight is 550 g/mol. The monoisotopic (exact) mass is 549 g/mol. The summed E-state index contributed by atoms with van der Waals surface area (Å²) in [6, 6.07) is 10.7. The highest BCUT2D eigenvalue weighted by atomic mass is 16.5. The van der Waals surface area contributed by atoms with Crippen molar-refractivity contribution in [2.75, 3.05) is 26.7 Å². The fourth-order valence-corrected chi connectivity index (χ4v) is 4.39. The highest BCUT2D eigenvalue weighted by molar-refractivity contribution is 6.01. The van der Waals surface area contributed by atoms with Gasteiger partial charge >= 0.3 is 11.9 Å². The first-order valence-corrected chi connectivity index (χ1v) is 12.4. The minimum atomic E-state index is -1.30. The van der Waals surface area contributed by atoms with E-state index >= 15 is 0 Å². The summed E-state index contributed by atoms with van der Waals surface area (Å²) in [5.74, 6) is -4.04. The normalized spacial score (nSPS) is 15.6. The Hall–Kier alpha value is -5.00. The van der Waals surface area contributed by atoms with Crippen molar-refractivity contribution in [1.82, 2.24) is 15.1 Å². The number of ether oxygens (including phenoxy) is 1. The molecule has 5 N–H and O–H groups in total. The van der Waals surface area contributed by atoms with Crippen molar-refractivity contribution in [2.24, 2.45) is 5.73 Å². The number of benzene rings is 2.